The molecule has 0 fully saturated rings. The molecule has 0 heterocycles. The lowest BCUT2D eigenvalue weighted by Crippen LogP contribution is -2.26. The minimum atomic E-state index is -0.715. The van der Waals surface area contributed by atoms with Gasteiger partial charge in [-0.05, 0) is 32.9 Å². The molecular formula is C16H18O4. The predicted octanol–water partition coefficient (Wildman–Crippen LogP) is 4.16. The van der Waals surface area contributed by atoms with Gasteiger partial charge in [0, 0.05) is 10.8 Å². The van der Waals surface area contributed by atoms with Crippen LogP contribution in [0.2, 0.25) is 0 Å². The van der Waals surface area contributed by atoms with Crippen LogP contribution in [-0.4, -0.2) is 18.9 Å². The van der Waals surface area contributed by atoms with E-state index in [0.717, 1.165) is 16.5 Å². The van der Waals surface area contributed by atoms with Gasteiger partial charge in [0.05, 0.1) is 7.11 Å². The van der Waals surface area contributed by atoms with Crippen LogP contribution in [0.4, 0.5) is 4.79 Å². The minimum Gasteiger partial charge on any atom is -0.496 e. The zero-order chi connectivity index (χ0) is 14.8. The third kappa shape index (κ3) is 3.20. The molecule has 0 bridgehead atoms. The van der Waals surface area contributed by atoms with Gasteiger partial charge >= 0.3 is 6.16 Å². The number of carbonyl (C=O) groups excluding carboxylic acids is 1. The number of hydrogen-bond acceptors (Lipinski definition) is 4. The second kappa shape index (κ2) is 5.41. The smallest absolute Gasteiger partial charge is 0.496 e. The van der Waals surface area contributed by atoms with Crippen LogP contribution in [0.3, 0.4) is 0 Å². The van der Waals surface area contributed by atoms with E-state index < -0.39 is 11.8 Å². The summed E-state index contributed by atoms with van der Waals surface area (Å²) in [5.74, 6) is 1.19. The molecule has 106 valence electrons. The van der Waals surface area contributed by atoms with E-state index in [4.69, 9.17) is 14.2 Å². The maximum absolute atomic E-state index is 11.8. The zero-order valence-corrected chi connectivity index (χ0v) is 12.1. The van der Waals surface area contributed by atoms with E-state index in [-0.39, 0.29) is 0 Å². The van der Waals surface area contributed by atoms with Crippen molar-refractivity contribution in [2.75, 3.05) is 7.11 Å². The Balaban J connectivity index is 2.34. The Morgan fingerprint density at radius 3 is 2.05 bits per heavy atom. The average Bonchev–Trinajstić information content (AvgIpc) is 2.37. The Morgan fingerprint density at radius 2 is 1.50 bits per heavy atom. The van der Waals surface area contributed by atoms with E-state index in [0.29, 0.717) is 5.75 Å². The molecule has 0 aliphatic rings. The van der Waals surface area contributed by atoms with Crippen LogP contribution in [-0.2, 0) is 4.74 Å². The first-order valence-electron chi connectivity index (χ1n) is 6.37. The largest absolute Gasteiger partial charge is 0.514 e. The minimum absolute atomic E-state index is 0.454. The van der Waals surface area contributed by atoms with E-state index in [2.05, 4.69) is 0 Å². The number of methoxy groups -OCH3 is 1. The van der Waals surface area contributed by atoms with Gasteiger partial charge in [0.15, 0.2) is 0 Å². The summed E-state index contributed by atoms with van der Waals surface area (Å²) in [5, 5.41) is 1.69. The Morgan fingerprint density at radius 1 is 0.950 bits per heavy atom. The van der Waals surface area contributed by atoms with E-state index in [1.807, 2.05) is 24.3 Å². The van der Waals surface area contributed by atoms with Gasteiger partial charge in [-0.3, -0.25) is 0 Å². The molecule has 0 saturated carbocycles. The lowest BCUT2D eigenvalue weighted by atomic mass is 10.1. The van der Waals surface area contributed by atoms with Crippen molar-refractivity contribution in [1.82, 2.24) is 0 Å². The molecule has 0 spiro atoms. The normalized spacial score (nSPS) is 11.2. The van der Waals surface area contributed by atoms with Crippen molar-refractivity contribution in [3.05, 3.63) is 36.4 Å². The number of carbonyl (C=O) groups is 1. The number of fused-ring (bicyclic) bond motifs is 1. The molecule has 0 saturated heterocycles. The van der Waals surface area contributed by atoms with Gasteiger partial charge in [-0.2, -0.15) is 0 Å². The van der Waals surface area contributed by atoms with Crippen molar-refractivity contribution in [3.8, 4) is 11.5 Å². The van der Waals surface area contributed by atoms with E-state index in [1.165, 1.54) is 0 Å². The summed E-state index contributed by atoms with van der Waals surface area (Å²) in [4.78, 5) is 11.8. The van der Waals surface area contributed by atoms with Gasteiger partial charge in [-0.25, -0.2) is 4.79 Å². The second-order valence-corrected chi connectivity index (χ2v) is 5.38. The Labute approximate surface area is 118 Å². The fourth-order valence-electron chi connectivity index (χ4n) is 1.87. The fourth-order valence-corrected chi connectivity index (χ4v) is 1.87. The van der Waals surface area contributed by atoms with E-state index in [9.17, 15) is 4.79 Å². The van der Waals surface area contributed by atoms with Crippen LogP contribution >= 0.6 is 0 Å². The molecule has 2 rings (SSSR count). The van der Waals surface area contributed by atoms with Crippen LogP contribution in [0.5, 0.6) is 11.5 Å². The van der Waals surface area contributed by atoms with Gasteiger partial charge in [0.25, 0.3) is 0 Å². The van der Waals surface area contributed by atoms with Crippen molar-refractivity contribution in [2.45, 2.75) is 26.4 Å². The fraction of sp³-hybridized carbons (Fsp3) is 0.312. The molecule has 0 amide bonds. The summed E-state index contributed by atoms with van der Waals surface area (Å²) in [7, 11) is 1.61. The Hall–Kier alpha value is -2.23. The average molecular weight is 274 g/mol. The molecule has 0 aliphatic carbocycles. The third-order valence-electron chi connectivity index (χ3n) is 2.65. The summed E-state index contributed by atoms with van der Waals surface area (Å²) in [5.41, 5.74) is -0.584. The molecule has 4 heteroatoms. The number of rotatable bonds is 2. The zero-order valence-electron chi connectivity index (χ0n) is 12.1. The van der Waals surface area contributed by atoms with Crippen molar-refractivity contribution >= 4 is 16.9 Å². The molecule has 0 radical (unpaired) electrons. The third-order valence-corrected chi connectivity index (χ3v) is 2.65. The van der Waals surface area contributed by atoms with Crippen molar-refractivity contribution in [2.24, 2.45) is 0 Å². The lowest BCUT2D eigenvalue weighted by molar-refractivity contribution is 0.0209. The molecule has 0 aliphatic heterocycles. The van der Waals surface area contributed by atoms with Gasteiger partial charge in [0.2, 0.25) is 0 Å². The highest BCUT2D eigenvalue weighted by molar-refractivity contribution is 5.94. The molecule has 4 nitrogen and oxygen atoms in total. The molecule has 20 heavy (non-hydrogen) atoms. The molecule has 0 unspecified atom stereocenters. The summed E-state index contributed by atoms with van der Waals surface area (Å²) in [6.07, 6.45) is -0.715. The standard InChI is InChI=1S/C16H18O4/c1-16(2,3)20-15(17)19-14-10-9-13(18-4)11-7-5-6-8-12(11)14/h5-10H,1-4H3. The molecule has 2 aromatic rings. The number of ether oxygens (including phenoxy) is 3. The summed E-state index contributed by atoms with van der Waals surface area (Å²) >= 11 is 0. The maximum atomic E-state index is 11.8. The van der Waals surface area contributed by atoms with Crippen LogP contribution in [0.15, 0.2) is 36.4 Å². The first-order chi connectivity index (χ1) is 9.40. The van der Waals surface area contributed by atoms with Crippen LogP contribution in [0, 0.1) is 0 Å². The number of hydrogen-bond donors (Lipinski definition) is 0. The van der Waals surface area contributed by atoms with Crippen LogP contribution in [0.1, 0.15) is 20.8 Å². The lowest BCUT2D eigenvalue weighted by Gasteiger charge is -2.19. The van der Waals surface area contributed by atoms with E-state index >= 15 is 0 Å². The Bertz CT molecular complexity index is 626. The summed E-state index contributed by atoms with van der Waals surface area (Å²) in [6.45, 7) is 5.38. The van der Waals surface area contributed by atoms with Crippen molar-refractivity contribution < 1.29 is 19.0 Å². The predicted molar refractivity (Wildman–Crippen MR) is 77.4 cm³/mol. The summed E-state index contributed by atoms with van der Waals surface area (Å²) in [6, 6.07) is 11.0. The monoisotopic (exact) mass is 274 g/mol. The van der Waals surface area contributed by atoms with Crippen LogP contribution < -0.4 is 9.47 Å². The molecule has 0 aromatic heterocycles. The maximum Gasteiger partial charge on any atom is 0.514 e. The molecular weight excluding hydrogens is 256 g/mol. The highest BCUT2D eigenvalue weighted by Crippen LogP contribution is 2.33. The van der Waals surface area contributed by atoms with Gasteiger partial charge < -0.3 is 14.2 Å². The van der Waals surface area contributed by atoms with Crippen LogP contribution in [0.25, 0.3) is 10.8 Å². The molecule has 0 atom stereocenters. The highest BCUT2D eigenvalue weighted by atomic mass is 16.7. The summed E-state index contributed by atoms with van der Waals surface area (Å²) < 4.78 is 15.7. The van der Waals surface area contributed by atoms with Gasteiger partial charge in [-0.15, -0.1) is 0 Å². The van der Waals surface area contributed by atoms with Crippen molar-refractivity contribution in [1.29, 1.82) is 0 Å². The second-order valence-electron chi connectivity index (χ2n) is 5.38. The molecule has 0 N–H and O–H groups in total. The van der Waals surface area contributed by atoms with E-state index in [1.54, 1.807) is 40.0 Å². The first-order valence-corrected chi connectivity index (χ1v) is 6.37. The first kappa shape index (κ1) is 14.2. The van der Waals surface area contributed by atoms with Crippen molar-refractivity contribution in [3.63, 3.8) is 0 Å². The highest BCUT2D eigenvalue weighted by Gasteiger charge is 2.19. The van der Waals surface area contributed by atoms with Gasteiger partial charge in [-0.1, -0.05) is 24.3 Å². The quantitative estimate of drug-likeness (QED) is 0.609. The van der Waals surface area contributed by atoms with Gasteiger partial charge in [0.1, 0.15) is 17.1 Å². The topological polar surface area (TPSA) is 44.8 Å². The molecule has 2 aromatic carbocycles. The SMILES string of the molecule is COc1ccc(OC(=O)OC(C)(C)C)c2ccccc12. The Kier molecular flexibility index (Phi) is 3.84. The number of benzene rings is 2.